The number of rotatable bonds is 7. The van der Waals surface area contributed by atoms with E-state index < -0.39 is 0 Å². The second-order valence-electron chi connectivity index (χ2n) is 5.70. The first-order valence-corrected chi connectivity index (χ1v) is 6.91. The zero-order chi connectivity index (χ0) is 15.0. The summed E-state index contributed by atoms with van der Waals surface area (Å²) in [7, 11) is 1.62. The molecule has 1 rings (SSSR count). The minimum absolute atomic E-state index is 0.00115. The van der Waals surface area contributed by atoms with Crippen molar-refractivity contribution in [2.75, 3.05) is 32.2 Å². The molecule has 1 aromatic rings. The summed E-state index contributed by atoms with van der Waals surface area (Å²) in [6.45, 7) is 7.87. The molecule has 0 aliphatic heterocycles. The van der Waals surface area contributed by atoms with E-state index in [-0.39, 0.29) is 11.3 Å². The van der Waals surface area contributed by atoms with Crippen molar-refractivity contribution in [2.45, 2.75) is 32.6 Å². The number of methoxy groups -OCH3 is 1. The maximum Gasteiger partial charge on any atom is 0.226 e. The minimum atomic E-state index is -0.0286. The summed E-state index contributed by atoms with van der Waals surface area (Å²) in [5.74, 6) is -0.0286. The van der Waals surface area contributed by atoms with Crippen molar-refractivity contribution in [3.8, 4) is 0 Å². The fraction of sp³-hybridized carbons (Fsp3) is 0.562. The fourth-order valence-corrected chi connectivity index (χ4v) is 1.87. The number of hydrogen-bond acceptors (Lipinski definition) is 3. The first-order chi connectivity index (χ1) is 9.45. The maximum absolute atomic E-state index is 11.9. The van der Waals surface area contributed by atoms with E-state index in [0.29, 0.717) is 26.2 Å². The summed E-state index contributed by atoms with van der Waals surface area (Å²) in [5, 5.41) is 2.96. The third kappa shape index (κ3) is 5.72. The van der Waals surface area contributed by atoms with E-state index in [4.69, 9.17) is 9.47 Å². The molecule has 0 radical (unpaired) electrons. The predicted octanol–water partition coefficient (Wildman–Crippen LogP) is 2.98. The van der Waals surface area contributed by atoms with Crippen molar-refractivity contribution < 1.29 is 14.3 Å². The van der Waals surface area contributed by atoms with Crippen LogP contribution in [0.1, 0.15) is 32.8 Å². The lowest BCUT2D eigenvalue weighted by Gasteiger charge is -2.23. The van der Waals surface area contributed by atoms with Crippen molar-refractivity contribution >= 4 is 11.6 Å². The Morgan fingerprint density at radius 2 is 1.85 bits per heavy atom. The SMILES string of the molecule is COCCOCCC(=O)Nc1ccccc1C(C)(C)C. The minimum Gasteiger partial charge on any atom is -0.382 e. The van der Waals surface area contributed by atoms with Crippen LogP contribution in [0.4, 0.5) is 5.69 Å². The van der Waals surface area contributed by atoms with Crippen molar-refractivity contribution in [2.24, 2.45) is 0 Å². The molecule has 0 unspecified atom stereocenters. The second-order valence-corrected chi connectivity index (χ2v) is 5.70. The Hall–Kier alpha value is -1.39. The van der Waals surface area contributed by atoms with Gasteiger partial charge in [0.15, 0.2) is 0 Å². The van der Waals surface area contributed by atoms with Gasteiger partial charge in [-0.3, -0.25) is 4.79 Å². The topological polar surface area (TPSA) is 47.6 Å². The van der Waals surface area contributed by atoms with E-state index in [2.05, 4.69) is 26.1 Å². The summed E-state index contributed by atoms with van der Waals surface area (Å²) < 4.78 is 10.2. The molecular weight excluding hydrogens is 254 g/mol. The number of carbonyl (C=O) groups excluding carboxylic acids is 1. The molecule has 0 aliphatic rings. The molecular formula is C16H25NO3. The quantitative estimate of drug-likeness (QED) is 0.781. The van der Waals surface area contributed by atoms with Crippen molar-refractivity contribution in [1.82, 2.24) is 0 Å². The van der Waals surface area contributed by atoms with E-state index in [1.807, 2.05) is 24.3 Å². The highest BCUT2D eigenvalue weighted by atomic mass is 16.5. The van der Waals surface area contributed by atoms with Crippen LogP contribution in [0.3, 0.4) is 0 Å². The Morgan fingerprint density at radius 3 is 2.50 bits per heavy atom. The zero-order valence-electron chi connectivity index (χ0n) is 12.9. The molecule has 20 heavy (non-hydrogen) atoms. The van der Waals surface area contributed by atoms with E-state index >= 15 is 0 Å². The molecule has 1 N–H and O–H groups in total. The number of anilines is 1. The number of carbonyl (C=O) groups is 1. The van der Waals surface area contributed by atoms with Crippen molar-refractivity contribution in [1.29, 1.82) is 0 Å². The van der Waals surface area contributed by atoms with Crippen LogP contribution >= 0.6 is 0 Å². The highest BCUT2D eigenvalue weighted by Crippen LogP contribution is 2.29. The van der Waals surface area contributed by atoms with Gasteiger partial charge in [-0.05, 0) is 17.0 Å². The molecule has 0 bridgehead atoms. The van der Waals surface area contributed by atoms with Gasteiger partial charge in [0, 0.05) is 12.8 Å². The molecule has 4 nitrogen and oxygen atoms in total. The molecule has 112 valence electrons. The van der Waals surface area contributed by atoms with Crippen LogP contribution < -0.4 is 5.32 Å². The third-order valence-electron chi connectivity index (χ3n) is 2.91. The molecule has 4 heteroatoms. The van der Waals surface area contributed by atoms with E-state index in [1.54, 1.807) is 7.11 Å². The van der Waals surface area contributed by atoms with Gasteiger partial charge in [-0.1, -0.05) is 39.0 Å². The highest BCUT2D eigenvalue weighted by Gasteiger charge is 2.18. The van der Waals surface area contributed by atoms with Gasteiger partial charge in [0.25, 0.3) is 0 Å². The molecule has 0 saturated heterocycles. The Balaban J connectivity index is 2.50. The largest absolute Gasteiger partial charge is 0.382 e. The lowest BCUT2D eigenvalue weighted by molar-refractivity contribution is -0.117. The van der Waals surface area contributed by atoms with Gasteiger partial charge in [-0.2, -0.15) is 0 Å². The third-order valence-corrected chi connectivity index (χ3v) is 2.91. The van der Waals surface area contributed by atoms with Gasteiger partial charge in [0.05, 0.1) is 26.2 Å². The number of ether oxygens (including phenoxy) is 2. The van der Waals surface area contributed by atoms with Gasteiger partial charge < -0.3 is 14.8 Å². The normalized spacial score (nSPS) is 11.4. The van der Waals surface area contributed by atoms with Crippen LogP contribution in [0, 0.1) is 0 Å². The Kier molecular flexibility index (Phi) is 6.68. The maximum atomic E-state index is 11.9. The average Bonchev–Trinajstić information content (AvgIpc) is 2.38. The molecule has 0 fully saturated rings. The lowest BCUT2D eigenvalue weighted by atomic mass is 9.86. The van der Waals surface area contributed by atoms with Gasteiger partial charge in [0.1, 0.15) is 0 Å². The van der Waals surface area contributed by atoms with Gasteiger partial charge in [0.2, 0.25) is 5.91 Å². The lowest BCUT2D eigenvalue weighted by Crippen LogP contribution is -2.19. The smallest absolute Gasteiger partial charge is 0.226 e. The standard InChI is InChI=1S/C16H25NO3/c1-16(2,3)13-7-5-6-8-14(13)17-15(18)9-10-20-12-11-19-4/h5-8H,9-12H2,1-4H3,(H,17,18). The zero-order valence-corrected chi connectivity index (χ0v) is 12.9. The van der Waals surface area contributed by atoms with Crippen LogP contribution in [0.2, 0.25) is 0 Å². The van der Waals surface area contributed by atoms with Gasteiger partial charge in [-0.15, -0.1) is 0 Å². The fourth-order valence-electron chi connectivity index (χ4n) is 1.87. The predicted molar refractivity (Wildman–Crippen MR) is 81.1 cm³/mol. The first kappa shape index (κ1) is 16.7. The van der Waals surface area contributed by atoms with Crippen LogP contribution in [0.5, 0.6) is 0 Å². The summed E-state index contributed by atoms with van der Waals surface area (Å²) >= 11 is 0. The highest BCUT2D eigenvalue weighted by molar-refractivity contribution is 5.91. The van der Waals surface area contributed by atoms with E-state index in [0.717, 1.165) is 11.3 Å². The number of amides is 1. The molecule has 1 aromatic carbocycles. The average molecular weight is 279 g/mol. The molecule has 1 amide bonds. The van der Waals surface area contributed by atoms with Gasteiger partial charge >= 0.3 is 0 Å². The van der Waals surface area contributed by atoms with E-state index in [9.17, 15) is 4.79 Å². The van der Waals surface area contributed by atoms with Crippen molar-refractivity contribution in [3.05, 3.63) is 29.8 Å². The Labute approximate surface area is 121 Å². The number of nitrogens with one attached hydrogen (secondary N) is 1. The number of hydrogen-bond donors (Lipinski definition) is 1. The van der Waals surface area contributed by atoms with Crippen LogP contribution in [-0.4, -0.2) is 32.8 Å². The van der Waals surface area contributed by atoms with Crippen LogP contribution in [-0.2, 0) is 19.7 Å². The molecule has 0 spiro atoms. The Bertz CT molecular complexity index is 424. The number of benzene rings is 1. The second kappa shape index (κ2) is 8.02. The molecule has 0 atom stereocenters. The van der Waals surface area contributed by atoms with Crippen LogP contribution in [0.25, 0.3) is 0 Å². The monoisotopic (exact) mass is 279 g/mol. The summed E-state index contributed by atoms with van der Waals surface area (Å²) in [4.78, 5) is 11.9. The van der Waals surface area contributed by atoms with Crippen molar-refractivity contribution in [3.63, 3.8) is 0 Å². The molecule has 0 saturated carbocycles. The summed E-state index contributed by atoms with van der Waals surface area (Å²) in [6, 6.07) is 7.90. The van der Waals surface area contributed by atoms with E-state index in [1.165, 1.54) is 0 Å². The Morgan fingerprint density at radius 1 is 1.15 bits per heavy atom. The van der Waals surface area contributed by atoms with Gasteiger partial charge in [-0.25, -0.2) is 0 Å². The first-order valence-electron chi connectivity index (χ1n) is 6.91. The molecule has 0 aromatic heterocycles. The molecule has 0 aliphatic carbocycles. The summed E-state index contributed by atoms with van der Waals surface area (Å²) in [6.07, 6.45) is 0.349. The van der Waals surface area contributed by atoms with Crippen LogP contribution in [0.15, 0.2) is 24.3 Å². The molecule has 0 heterocycles. The summed E-state index contributed by atoms with van der Waals surface area (Å²) in [5.41, 5.74) is 2.01. The number of para-hydroxylation sites is 1.